The van der Waals surface area contributed by atoms with Crippen molar-refractivity contribution in [2.75, 3.05) is 0 Å². The average Bonchev–Trinajstić information content (AvgIpc) is 3.95. The van der Waals surface area contributed by atoms with E-state index in [9.17, 15) is 30.3 Å². The number of aromatic amines is 3. The van der Waals surface area contributed by atoms with Crippen molar-refractivity contribution in [1.82, 2.24) is 20.3 Å². The molecule has 3 aromatic carbocycles. The Kier molecular flexibility index (Phi) is 7.07. The molecular weight excluding hydrogens is 638 g/mol. The van der Waals surface area contributed by atoms with Crippen LogP contribution >= 0.6 is 0 Å². The molecule has 0 radical (unpaired) electrons. The van der Waals surface area contributed by atoms with Gasteiger partial charge in [0.2, 0.25) is 0 Å². The zero-order valence-corrected chi connectivity index (χ0v) is 26.0. The summed E-state index contributed by atoms with van der Waals surface area (Å²) < 4.78 is 0. The second-order valence-corrected chi connectivity index (χ2v) is 11.8. The van der Waals surface area contributed by atoms with E-state index in [2.05, 4.69) is 26.3 Å². The monoisotopic (exact) mass is 663 g/mol. The van der Waals surface area contributed by atoms with Crippen LogP contribution in [0.4, 0.5) is 17.1 Å². The average molecular weight is 664 g/mol. The van der Waals surface area contributed by atoms with Gasteiger partial charge in [0.05, 0.1) is 25.5 Å². The highest BCUT2D eigenvalue weighted by Crippen LogP contribution is 2.35. The number of hydrogen-bond donors (Lipinski definition) is 4. The minimum atomic E-state index is -0.440. The first kappa shape index (κ1) is 30.1. The van der Waals surface area contributed by atoms with E-state index in [0.29, 0.717) is 6.42 Å². The Morgan fingerprint density at radius 3 is 1.32 bits per heavy atom. The number of rotatable bonds is 6. The molecule has 2 aliphatic heterocycles. The van der Waals surface area contributed by atoms with Crippen molar-refractivity contribution >= 4 is 33.8 Å². The van der Waals surface area contributed by atoms with Crippen LogP contribution in [0.1, 0.15) is 34.5 Å². The van der Waals surface area contributed by atoms with Gasteiger partial charge in [-0.2, -0.15) is 0 Å². The van der Waals surface area contributed by atoms with Gasteiger partial charge >= 0.3 is 0 Å². The third kappa shape index (κ3) is 5.24. The van der Waals surface area contributed by atoms with Crippen LogP contribution < -0.4 is 16.0 Å². The summed E-state index contributed by atoms with van der Waals surface area (Å²) in [6.45, 7) is 0. The summed E-state index contributed by atoms with van der Waals surface area (Å²) in [4.78, 5) is 43.7. The summed E-state index contributed by atoms with van der Waals surface area (Å²) in [6, 6.07) is 30.8. The van der Waals surface area contributed by atoms with E-state index in [4.69, 9.17) is 0 Å². The van der Waals surface area contributed by atoms with Crippen molar-refractivity contribution in [3.05, 3.63) is 206 Å². The van der Waals surface area contributed by atoms with Gasteiger partial charge in [0.25, 0.3) is 17.1 Å². The number of benzene rings is 3. The van der Waals surface area contributed by atoms with Crippen LogP contribution in [0, 0.1) is 41.0 Å². The summed E-state index contributed by atoms with van der Waals surface area (Å²) >= 11 is 0. The van der Waals surface area contributed by atoms with Gasteiger partial charge in [-0.3, -0.25) is 30.3 Å². The van der Waals surface area contributed by atoms with Crippen LogP contribution in [0.2, 0.25) is 0 Å². The van der Waals surface area contributed by atoms with Gasteiger partial charge in [-0.15, -0.1) is 0 Å². The highest BCUT2D eigenvalue weighted by Gasteiger charge is 2.24. The minimum absolute atomic E-state index is 0.0189. The number of H-pyrrole nitrogens is 3. The van der Waals surface area contributed by atoms with E-state index in [0.717, 1.165) is 77.6 Å². The fourth-order valence-electron chi connectivity index (χ4n) is 6.53. The number of nitro groups is 3. The van der Waals surface area contributed by atoms with Crippen LogP contribution in [0.25, 0.3) is 16.7 Å². The molecule has 6 aromatic rings. The van der Waals surface area contributed by atoms with Gasteiger partial charge in [-0.05, 0) is 89.5 Å². The summed E-state index contributed by atoms with van der Waals surface area (Å²) in [6.07, 6.45) is 2.55. The van der Waals surface area contributed by atoms with Crippen LogP contribution in [0.15, 0.2) is 127 Å². The van der Waals surface area contributed by atoms with Crippen molar-refractivity contribution in [2.24, 2.45) is 0 Å². The van der Waals surface area contributed by atoms with Crippen LogP contribution in [-0.2, 0) is 0 Å². The topological polar surface area (TPSA) is 189 Å². The molecule has 8 bridgehead atoms. The third-order valence-electron chi connectivity index (χ3n) is 8.89. The van der Waals surface area contributed by atoms with Crippen LogP contribution in [0.5, 0.6) is 0 Å². The second kappa shape index (κ2) is 11.8. The summed E-state index contributed by atoms with van der Waals surface area (Å²) in [7, 11) is 0. The molecule has 0 saturated carbocycles. The second-order valence-electron chi connectivity index (χ2n) is 11.8. The Bertz CT molecular complexity index is 2660. The Morgan fingerprint density at radius 2 is 0.840 bits per heavy atom. The molecule has 3 aromatic heterocycles. The third-order valence-corrected chi connectivity index (χ3v) is 8.89. The lowest BCUT2D eigenvalue weighted by Gasteiger charge is -2.15. The predicted molar refractivity (Wildman–Crippen MR) is 185 cm³/mol. The Morgan fingerprint density at radius 1 is 0.440 bits per heavy atom. The van der Waals surface area contributed by atoms with Crippen molar-refractivity contribution in [2.45, 2.75) is 6.42 Å². The molecule has 0 saturated heterocycles. The van der Waals surface area contributed by atoms with Gasteiger partial charge < -0.3 is 20.3 Å². The molecule has 13 heteroatoms. The van der Waals surface area contributed by atoms with E-state index in [1.54, 1.807) is 36.4 Å². The maximum Gasteiger partial charge on any atom is 0.269 e. The number of nitrogens with zero attached hydrogens (tertiary/aromatic N) is 3. The zero-order valence-electron chi connectivity index (χ0n) is 26.0. The number of aromatic nitrogens is 3. The van der Waals surface area contributed by atoms with Gasteiger partial charge in [0.1, 0.15) is 0 Å². The number of allylic oxidation sites excluding steroid dienone is 2. The molecule has 8 rings (SSSR count). The lowest BCUT2D eigenvalue weighted by molar-refractivity contribution is -0.385. The maximum atomic E-state index is 11.5. The number of non-ortho nitro benzene ring substituents is 3. The van der Waals surface area contributed by atoms with Crippen molar-refractivity contribution in [1.29, 1.82) is 0 Å². The van der Waals surface area contributed by atoms with Gasteiger partial charge in [0.15, 0.2) is 0 Å². The molecule has 0 fully saturated rings. The highest BCUT2D eigenvalue weighted by atomic mass is 16.6. The standard InChI is InChI=1S/C37H25N7O6/c45-42(46)24-7-1-21(2-8-24)35-29-15-13-27(38-29)28-14-16-30(39-28)36(22-3-9-25(10-4-22)43(47)48)32-18-20-34(41-32)37(33-19-17-31(35)40-33)23-5-11-26(12-6-23)44(49)50/h1-19,38-41H,20H2. The lowest BCUT2D eigenvalue weighted by atomic mass is 9.99. The molecule has 4 N–H and O–H groups in total. The molecule has 0 aliphatic carbocycles. The van der Waals surface area contributed by atoms with Gasteiger partial charge in [-0.1, -0.05) is 6.08 Å². The molecule has 244 valence electrons. The number of nitro benzene ring substituents is 3. The van der Waals surface area contributed by atoms with E-state index in [1.807, 2.05) is 36.4 Å². The van der Waals surface area contributed by atoms with Crippen LogP contribution in [0.3, 0.4) is 0 Å². The first-order valence-electron chi connectivity index (χ1n) is 15.5. The lowest BCUT2D eigenvalue weighted by Crippen LogP contribution is -2.17. The number of hydrogen-bond acceptors (Lipinski definition) is 7. The summed E-state index contributed by atoms with van der Waals surface area (Å²) in [5.41, 5.74) is 7.65. The number of nitrogens with one attached hydrogen (secondary N) is 4. The zero-order chi connectivity index (χ0) is 34.5. The van der Waals surface area contributed by atoms with Gasteiger partial charge in [-0.25, -0.2) is 0 Å². The van der Waals surface area contributed by atoms with Crippen molar-refractivity contribution in [3.63, 3.8) is 0 Å². The fraction of sp³-hybridized carbons (Fsp3) is 0.0270. The van der Waals surface area contributed by atoms with E-state index in [1.165, 1.54) is 36.4 Å². The molecule has 0 amide bonds. The SMILES string of the molecule is O=[N+]([O-])c1ccc(C2=C3CC=C(N3)C(c3ccc([N+](=O)[O-])cc3)=c3ccc([nH]3)=c3ccc([nH]3)=C(c3ccc([N+](=O)[O-])cc3)c3ccc2[nH]3)cc1. The molecule has 13 nitrogen and oxygen atoms in total. The quantitative estimate of drug-likeness (QED) is 0.128. The summed E-state index contributed by atoms with van der Waals surface area (Å²) in [5, 5.41) is 41.1. The Hall–Kier alpha value is -7.28. The first-order valence-corrected chi connectivity index (χ1v) is 15.5. The Balaban J connectivity index is 1.43. The smallest absolute Gasteiger partial charge is 0.269 e. The Labute approximate surface area is 281 Å². The van der Waals surface area contributed by atoms with Crippen LogP contribution in [-0.4, -0.2) is 29.7 Å². The molecule has 0 spiro atoms. The van der Waals surface area contributed by atoms with Crippen molar-refractivity contribution < 1.29 is 14.8 Å². The van der Waals surface area contributed by atoms with Crippen molar-refractivity contribution in [3.8, 4) is 0 Å². The first-order chi connectivity index (χ1) is 24.2. The van der Waals surface area contributed by atoms with Gasteiger partial charge in [0, 0.05) is 93.0 Å². The molecular formula is C37H25N7O6. The molecule has 5 heterocycles. The molecule has 0 atom stereocenters. The maximum absolute atomic E-state index is 11.5. The minimum Gasteiger partial charge on any atom is -0.358 e. The predicted octanol–water partition coefficient (Wildman–Crippen LogP) is 5.78. The normalized spacial score (nSPS) is 13.7. The fourth-order valence-corrected chi connectivity index (χ4v) is 6.53. The van der Waals surface area contributed by atoms with E-state index < -0.39 is 14.8 Å². The van der Waals surface area contributed by atoms with E-state index >= 15 is 0 Å². The number of fused-ring (bicyclic) bond motifs is 8. The van der Waals surface area contributed by atoms with E-state index in [-0.39, 0.29) is 17.1 Å². The molecule has 50 heavy (non-hydrogen) atoms. The molecule has 2 aliphatic rings. The molecule has 0 unspecified atom stereocenters. The summed E-state index contributed by atoms with van der Waals surface area (Å²) in [5.74, 6) is 0. The largest absolute Gasteiger partial charge is 0.358 e. The highest BCUT2D eigenvalue weighted by molar-refractivity contribution is 5.87.